The number of hydrogen-bond donors (Lipinski definition) is 1. The van der Waals surface area contributed by atoms with E-state index in [2.05, 4.69) is 4.90 Å². The van der Waals surface area contributed by atoms with E-state index < -0.39 is 0 Å². The van der Waals surface area contributed by atoms with E-state index in [4.69, 9.17) is 22.1 Å². The van der Waals surface area contributed by atoms with E-state index >= 15 is 0 Å². The molecule has 0 aliphatic carbocycles. The molecular weight excluding hydrogens is 267 g/mol. The topological polar surface area (TPSA) is 38.5 Å². The van der Waals surface area contributed by atoms with E-state index in [9.17, 15) is 4.39 Å². The van der Waals surface area contributed by atoms with Gasteiger partial charge in [-0.2, -0.15) is 0 Å². The van der Waals surface area contributed by atoms with Gasteiger partial charge in [0.05, 0.1) is 6.10 Å². The van der Waals surface area contributed by atoms with Crippen LogP contribution in [0.4, 0.5) is 4.39 Å². The molecule has 5 heteroatoms. The minimum atomic E-state index is -0.281. The summed E-state index contributed by atoms with van der Waals surface area (Å²) in [5.74, 6) is -0.281. The number of methoxy groups -OCH3 is 1. The third-order valence-corrected chi connectivity index (χ3v) is 4.03. The number of ether oxygens (including phenoxy) is 1. The molecule has 0 saturated carbocycles. The Morgan fingerprint density at radius 1 is 1.47 bits per heavy atom. The zero-order chi connectivity index (χ0) is 13.8. The standard InChI is InChI=1S/C14H20ClFN2O/c1-19-11-4-6-18(7-5-11)14(9-17)12-3-2-10(15)8-13(12)16/h2-3,8,11,14H,4-7,9,17H2,1H3. The molecule has 0 spiro atoms. The van der Waals surface area contributed by atoms with Crippen LogP contribution in [0.2, 0.25) is 5.02 Å². The summed E-state index contributed by atoms with van der Waals surface area (Å²) >= 11 is 5.79. The average Bonchev–Trinajstić information content (AvgIpc) is 2.42. The van der Waals surface area contributed by atoms with Crippen LogP contribution in [-0.4, -0.2) is 37.7 Å². The summed E-state index contributed by atoms with van der Waals surface area (Å²) in [7, 11) is 1.74. The first kappa shape index (κ1) is 14.7. The first-order valence-electron chi connectivity index (χ1n) is 6.57. The van der Waals surface area contributed by atoms with Crippen LogP contribution in [0.3, 0.4) is 0 Å². The monoisotopic (exact) mass is 286 g/mol. The molecule has 1 unspecified atom stereocenters. The molecule has 1 aromatic rings. The minimum Gasteiger partial charge on any atom is -0.381 e. The van der Waals surface area contributed by atoms with Crippen molar-refractivity contribution in [3.05, 3.63) is 34.6 Å². The van der Waals surface area contributed by atoms with Gasteiger partial charge < -0.3 is 10.5 Å². The highest BCUT2D eigenvalue weighted by molar-refractivity contribution is 6.30. The molecule has 2 rings (SSSR count). The quantitative estimate of drug-likeness (QED) is 0.925. The number of nitrogens with zero attached hydrogens (tertiary/aromatic N) is 1. The summed E-state index contributed by atoms with van der Waals surface area (Å²) < 4.78 is 19.3. The smallest absolute Gasteiger partial charge is 0.129 e. The van der Waals surface area contributed by atoms with Gasteiger partial charge in [0.2, 0.25) is 0 Å². The molecule has 0 aromatic heterocycles. The number of piperidine rings is 1. The van der Waals surface area contributed by atoms with E-state index in [1.165, 1.54) is 6.07 Å². The Bertz CT molecular complexity index is 422. The van der Waals surface area contributed by atoms with E-state index in [1.54, 1.807) is 19.2 Å². The Morgan fingerprint density at radius 3 is 2.68 bits per heavy atom. The largest absolute Gasteiger partial charge is 0.381 e. The molecule has 1 aliphatic rings. The lowest BCUT2D eigenvalue weighted by Crippen LogP contribution is -2.42. The van der Waals surface area contributed by atoms with Crippen LogP contribution in [0.5, 0.6) is 0 Å². The summed E-state index contributed by atoms with van der Waals surface area (Å²) in [6, 6.07) is 4.71. The summed E-state index contributed by atoms with van der Waals surface area (Å²) in [6.07, 6.45) is 2.23. The van der Waals surface area contributed by atoms with E-state index in [1.807, 2.05) is 0 Å². The van der Waals surface area contributed by atoms with Gasteiger partial charge in [-0.1, -0.05) is 17.7 Å². The molecule has 0 amide bonds. The predicted molar refractivity (Wildman–Crippen MR) is 74.8 cm³/mol. The lowest BCUT2D eigenvalue weighted by Gasteiger charge is -2.37. The lowest BCUT2D eigenvalue weighted by molar-refractivity contribution is 0.0275. The van der Waals surface area contributed by atoms with Crippen molar-refractivity contribution in [3.63, 3.8) is 0 Å². The summed E-state index contributed by atoms with van der Waals surface area (Å²) in [5.41, 5.74) is 6.46. The number of benzene rings is 1. The van der Waals surface area contributed by atoms with E-state index in [0.29, 0.717) is 23.2 Å². The molecule has 1 saturated heterocycles. The van der Waals surface area contributed by atoms with Gasteiger partial charge in [0.15, 0.2) is 0 Å². The first-order valence-corrected chi connectivity index (χ1v) is 6.95. The lowest BCUT2D eigenvalue weighted by atomic mass is 10.00. The van der Waals surface area contributed by atoms with Crippen LogP contribution >= 0.6 is 11.6 Å². The Balaban J connectivity index is 2.12. The van der Waals surface area contributed by atoms with Crippen molar-refractivity contribution in [2.24, 2.45) is 5.73 Å². The van der Waals surface area contributed by atoms with Gasteiger partial charge in [0.25, 0.3) is 0 Å². The van der Waals surface area contributed by atoms with E-state index in [-0.39, 0.29) is 11.9 Å². The second-order valence-corrected chi connectivity index (χ2v) is 5.32. The van der Waals surface area contributed by atoms with Crippen molar-refractivity contribution in [1.82, 2.24) is 4.90 Å². The van der Waals surface area contributed by atoms with Gasteiger partial charge in [-0.25, -0.2) is 4.39 Å². The second-order valence-electron chi connectivity index (χ2n) is 4.89. The minimum absolute atomic E-state index is 0.0879. The van der Waals surface area contributed by atoms with Gasteiger partial charge in [-0.05, 0) is 25.0 Å². The fraction of sp³-hybridized carbons (Fsp3) is 0.571. The molecule has 19 heavy (non-hydrogen) atoms. The fourth-order valence-corrected chi connectivity index (χ4v) is 2.83. The Kier molecular flexibility index (Phi) is 5.16. The normalized spacial score (nSPS) is 19.6. The van der Waals surface area contributed by atoms with Crippen molar-refractivity contribution >= 4 is 11.6 Å². The van der Waals surface area contributed by atoms with Crippen LogP contribution in [0.25, 0.3) is 0 Å². The van der Waals surface area contributed by atoms with Crippen LogP contribution in [0.1, 0.15) is 24.4 Å². The summed E-state index contributed by atoms with van der Waals surface area (Å²) in [5, 5.41) is 0.412. The molecule has 106 valence electrons. The maximum atomic E-state index is 14.0. The SMILES string of the molecule is COC1CCN(C(CN)c2ccc(Cl)cc2F)CC1. The molecule has 0 bridgehead atoms. The third kappa shape index (κ3) is 3.45. The van der Waals surface area contributed by atoms with Crippen molar-refractivity contribution in [2.75, 3.05) is 26.7 Å². The maximum absolute atomic E-state index is 14.0. The third-order valence-electron chi connectivity index (χ3n) is 3.80. The van der Waals surface area contributed by atoms with Gasteiger partial charge in [0.1, 0.15) is 5.82 Å². The van der Waals surface area contributed by atoms with Gasteiger partial charge >= 0.3 is 0 Å². The molecule has 1 heterocycles. The molecule has 0 radical (unpaired) electrons. The van der Waals surface area contributed by atoms with Crippen LogP contribution in [-0.2, 0) is 4.74 Å². The van der Waals surface area contributed by atoms with Crippen LogP contribution in [0, 0.1) is 5.82 Å². The highest BCUT2D eigenvalue weighted by Crippen LogP contribution is 2.27. The molecular formula is C14H20ClFN2O. The van der Waals surface area contributed by atoms with Crippen LogP contribution in [0.15, 0.2) is 18.2 Å². The average molecular weight is 287 g/mol. The zero-order valence-electron chi connectivity index (χ0n) is 11.1. The van der Waals surface area contributed by atoms with E-state index in [0.717, 1.165) is 25.9 Å². The van der Waals surface area contributed by atoms with Crippen molar-refractivity contribution in [1.29, 1.82) is 0 Å². The zero-order valence-corrected chi connectivity index (χ0v) is 11.9. The van der Waals surface area contributed by atoms with Crippen molar-refractivity contribution in [3.8, 4) is 0 Å². The van der Waals surface area contributed by atoms with Crippen molar-refractivity contribution < 1.29 is 9.13 Å². The fourth-order valence-electron chi connectivity index (χ4n) is 2.67. The van der Waals surface area contributed by atoms with Gasteiger partial charge in [-0.15, -0.1) is 0 Å². The van der Waals surface area contributed by atoms with Gasteiger partial charge in [0, 0.05) is 43.4 Å². The number of rotatable bonds is 4. The molecule has 1 atom stereocenters. The molecule has 3 nitrogen and oxygen atoms in total. The molecule has 1 aliphatic heterocycles. The highest BCUT2D eigenvalue weighted by Gasteiger charge is 2.26. The summed E-state index contributed by atoms with van der Waals surface area (Å²) in [6.45, 7) is 2.15. The predicted octanol–water partition coefficient (Wildman–Crippen LogP) is 2.59. The Morgan fingerprint density at radius 2 is 2.16 bits per heavy atom. The second kappa shape index (κ2) is 6.66. The van der Waals surface area contributed by atoms with Gasteiger partial charge in [-0.3, -0.25) is 4.90 Å². The number of likely N-dealkylation sites (tertiary alicyclic amines) is 1. The molecule has 1 fully saturated rings. The van der Waals surface area contributed by atoms with Crippen LogP contribution < -0.4 is 5.73 Å². The number of halogens is 2. The Hall–Kier alpha value is -0.680. The highest BCUT2D eigenvalue weighted by atomic mass is 35.5. The molecule has 1 aromatic carbocycles. The first-order chi connectivity index (χ1) is 9.15. The number of nitrogens with two attached hydrogens (primary N) is 1. The summed E-state index contributed by atoms with van der Waals surface area (Å²) in [4.78, 5) is 2.22. The Labute approximate surface area is 118 Å². The maximum Gasteiger partial charge on any atom is 0.129 e. The molecule has 2 N–H and O–H groups in total. The van der Waals surface area contributed by atoms with Crippen molar-refractivity contribution in [2.45, 2.75) is 25.0 Å². The number of hydrogen-bond acceptors (Lipinski definition) is 3.